The smallest absolute Gasteiger partial charge is 0.312 e. The van der Waals surface area contributed by atoms with Crippen LogP contribution in [0.4, 0.5) is 0 Å². The summed E-state index contributed by atoms with van der Waals surface area (Å²) >= 11 is 2.25. The lowest BCUT2D eigenvalue weighted by molar-refractivity contribution is -0.154. The van der Waals surface area contributed by atoms with Crippen LogP contribution >= 0.6 is 22.6 Å². The quantitative estimate of drug-likeness (QED) is 0.120. The lowest BCUT2D eigenvalue weighted by atomic mass is 9.81. The van der Waals surface area contributed by atoms with Crippen molar-refractivity contribution in [3.8, 4) is 0 Å². The SMILES string of the molecule is C/C=C\C1=C(/C=C\C)C(=O)C(C(=C\C)/NCCOC(=O)C(C)(C)C(C)(C)I)=C(/C=C\C)C1=O. The zero-order valence-electron chi connectivity index (χ0n) is 21.0. The van der Waals surface area contributed by atoms with Crippen LogP contribution in [0.1, 0.15) is 55.4 Å². The molecule has 0 unspecified atom stereocenters. The molecule has 6 heteroatoms. The Hall–Kier alpha value is -2.22. The third-order valence-corrected chi connectivity index (χ3v) is 7.07. The molecule has 33 heavy (non-hydrogen) atoms. The Bertz CT molecular complexity index is 967. The first kappa shape index (κ1) is 28.8. The van der Waals surface area contributed by atoms with E-state index in [0.717, 1.165) is 0 Å². The van der Waals surface area contributed by atoms with Crippen molar-refractivity contribution in [2.75, 3.05) is 13.2 Å². The Kier molecular flexibility index (Phi) is 10.7. The van der Waals surface area contributed by atoms with E-state index in [9.17, 15) is 14.4 Å². The van der Waals surface area contributed by atoms with Crippen LogP contribution in [0.25, 0.3) is 0 Å². The summed E-state index contributed by atoms with van der Waals surface area (Å²) in [5, 5.41) is 3.19. The van der Waals surface area contributed by atoms with Crippen molar-refractivity contribution in [2.45, 2.75) is 58.8 Å². The molecule has 0 atom stereocenters. The van der Waals surface area contributed by atoms with Crippen LogP contribution in [0.5, 0.6) is 0 Å². The van der Waals surface area contributed by atoms with E-state index in [1.807, 2.05) is 41.5 Å². The summed E-state index contributed by atoms with van der Waals surface area (Å²) in [7, 11) is 0. The van der Waals surface area contributed by atoms with E-state index in [4.69, 9.17) is 4.74 Å². The second-order valence-corrected chi connectivity index (χ2v) is 11.3. The normalized spacial score (nSPS) is 16.7. The molecule has 0 aromatic carbocycles. The fraction of sp³-hybridized carbons (Fsp3) is 0.444. The molecule has 1 aliphatic rings. The lowest BCUT2D eigenvalue weighted by Crippen LogP contribution is -2.42. The first-order valence-electron chi connectivity index (χ1n) is 11.1. The van der Waals surface area contributed by atoms with Gasteiger partial charge in [-0.3, -0.25) is 14.4 Å². The third kappa shape index (κ3) is 6.65. The summed E-state index contributed by atoms with van der Waals surface area (Å²) in [5.41, 5.74) is 1.29. The van der Waals surface area contributed by atoms with Gasteiger partial charge in [-0.2, -0.15) is 0 Å². The minimum Gasteiger partial charge on any atom is -0.463 e. The van der Waals surface area contributed by atoms with Crippen molar-refractivity contribution in [3.05, 3.63) is 70.5 Å². The Balaban J connectivity index is 3.18. The van der Waals surface area contributed by atoms with Crippen molar-refractivity contribution in [3.63, 3.8) is 0 Å². The van der Waals surface area contributed by atoms with Crippen LogP contribution < -0.4 is 5.32 Å². The van der Waals surface area contributed by atoms with Crippen molar-refractivity contribution in [1.82, 2.24) is 5.32 Å². The van der Waals surface area contributed by atoms with Gasteiger partial charge in [0.25, 0.3) is 0 Å². The number of hydrogen-bond donors (Lipinski definition) is 1. The summed E-state index contributed by atoms with van der Waals surface area (Å²) in [6.45, 7) is 15.4. The number of allylic oxidation sites excluding steroid dienone is 11. The first-order chi connectivity index (χ1) is 15.4. The van der Waals surface area contributed by atoms with Crippen LogP contribution in [-0.4, -0.2) is 34.1 Å². The average molecular weight is 565 g/mol. The highest BCUT2D eigenvalue weighted by Crippen LogP contribution is 2.39. The van der Waals surface area contributed by atoms with E-state index in [-0.39, 0.29) is 27.6 Å². The molecule has 180 valence electrons. The summed E-state index contributed by atoms with van der Waals surface area (Å²) in [4.78, 5) is 39.3. The number of carbonyl (C=O) groups is 3. The standard InChI is InChI=1S/C27H36INO4/c1-9-13-18-19(14-10-2)24(31)22(20(15-11-3)23(18)30)21(12-4)29-16-17-33-25(32)26(5,6)27(7,8)28/h9-15,29H,16-17H2,1-8H3/b13-9-,14-10-,15-11-,21-12+. The number of Topliss-reactive ketones (excluding diaryl/α,β-unsaturated/α-hetero) is 2. The summed E-state index contributed by atoms with van der Waals surface area (Å²) < 4.78 is 5.23. The zero-order chi connectivity index (χ0) is 25.4. The minimum absolute atomic E-state index is 0.141. The molecule has 0 aliphatic heterocycles. The minimum atomic E-state index is -0.653. The fourth-order valence-corrected chi connectivity index (χ4v) is 3.33. The number of ether oxygens (including phenoxy) is 1. The molecule has 0 amide bonds. The molecule has 0 radical (unpaired) electrons. The molecule has 0 saturated carbocycles. The van der Waals surface area contributed by atoms with Crippen LogP contribution in [-0.2, 0) is 19.1 Å². The van der Waals surface area contributed by atoms with Crippen molar-refractivity contribution < 1.29 is 19.1 Å². The number of nitrogens with one attached hydrogen (secondary N) is 1. The molecule has 0 saturated heterocycles. The first-order valence-corrected chi connectivity index (χ1v) is 12.2. The predicted molar refractivity (Wildman–Crippen MR) is 143 cm³/mol. The van der Waals surface area contributed by atoms with E-state index >= 15 is 0 Å². The molecule has 0 aromatic heterocycles. The number of rotatable bonds is 10. The van der Waals surface area contributed by atoms with E-state index in [0.29, 0.717) is 34.5 Å². The maximum atomic E-state index is 13.5. The van der Waals surface area contributed by atoms with Gasteiger partial charge in [-0.1, -0.05) is 65.1 Å². The monoisotopic (exact) mass is 565 g/mol. The fourth-order valence-electron chi connectivity index (χ4n) is 3.10. The Labute approximate surface area is 211 Å². The van der Waals surface area contributed by atoms with Gasteiger partial charge in [-0.25, -0.2) is 0 Å². The van der Waals surface area contributed by atoms with Gasteiger partial charge in [-0.05, 0) is 55.4 Å². The van der Waals surface area contributed by atoms with Gasteiger partial charge < -0.3 is 10.1 Å². The van der Waals surface area contributed by atoms with Crippen LogP contribution in [0.3, 0.4) is 0 Å². The van der Waals surface area contributed by atoms with Crippen LogP contribution in [0.2, 0.25) is 0 Å². The highest BCUT2D eigenvalue weighted by atomic mass is 127. The van der Waals surface area contributed by atoms with Gasteiger partial charge in [0.2, 0.25) is 0 Å². The summed E-state index contributed by atoms with van der Waals surface area (Å²) in [5.74, 6) is -0.704. The molecule has 0 spiro atoms. The molecule has 0 fully saturated rings. The number of ketones is 2. The van der Waals surface area contributed by atoms with Crippen molar-refractivity contribution >= 4 is 40.1 Å². The van der Waals surface area contributed by atoms with E-state index in [1.165, 1.54) is 0 Å². The Morgan fingerprint density at radius 3 is 1.82 bits per heavy atom. The number of hydrogen-bond acceptors (Lipinski definition) is 5. The molecular weight excluding hydrogens is 529 g/mol. The maximum absolute atomic E-state index is 13.5. The molecule has 1 N–H and O–H groups in total. The van der Waals surface area contributed by atoms with Gasteiger partial charge in [0.05, 0.1) is 11.0 Å². The summed E-state index contributed by atoms with van der Waals surface area (Å²) in [6.07, 6.45) is 12.0. The molecule has 0 heterocycles. The van der Waals surface area contributed by atoms with Crippen molar-refractivity contribution in [1.29, 1.82) is 0 Å². The second-order valence-electron chi connectivity index (χ2n) is 8.64. The molecule has 1 aliphatic carbocycles. The van der Waals surface area contributed by atoms with Crippen LogP contribution in [0, 0.1) is 5.41 Å². The zero-order valence-corrected chi connectivity index (χ0v) is 23.1. The molecule has 1 rings (SSSR count). The largest absolute Gasteiger partial charge is 0.463 e. The topological polar surface area (TPSA) is 72.5 Å². The maximum Gasteiger partial charge on any atom is 0.312 e. The number of halogens is 1. The molecule has 5 nitrogen and oxygen atoms in total. The number of carbonyl (C=O) groups excluding carboxylic acids is 3. The summed E-state index contributed by atoms with van der Waals surface area (Å²) in [6, 6.07) is 0. The average Bonchev–Trinajstić information content (AvgIpc) is 2.74. The van der Waals surface area contributed by atoms with E-state index in [2.05, 4.69) is 27.9 Å². The van der Waals surface area contributed by atoms with E-state index < -0.39 is 5.41 Å². The van der Waals surface area contributed by atoms with E-state index in [1.54, 1.807) is 56.4 Å². The highest BCUT2D eigenvalue weighted by molar-refractivity contribution is 14.1. The third-order valence-electron chi connectivity index (χ3n) is 5.73. The van der Waals surface area contributed by atoms with Gasteiger partial charge in [0.15, 0.2) is 11.6 Å². The van der Waals surface area contributed by atoms with Gasteiger partial charge in [0.1, 0.15) is 6.61 Å². The Morgan fingerprint density at radius 2 is 1.36 bits per heavy atom. The molecule has 0 bridgehead atoms. The number of alkyl halides is 1. The van der Waals surface area contributed by atoms with Gasteiger partial charge in [-0.15, -0.1) is 0 Å². The van der Waals surface area contributed by atoms with Gasteiger partial charge in [0, 0.05) is 32.4 Å². The second kappa shape index (κ2) is 12.3. The lowest BCUT2D eigenvalue weighted by Gasteiger charge is -2.34. The molecule has 0 aromatic rings. The highest BCUT2D eigenvalue weighted by Gasteiger charge is 2.42. The Morgan fingerprint density at radius 1 is 0.879 bits per heavy atom. The number of esters is 1. The van der Waals surface area contributed by atoms with Crippen molar-refractivity contribution in [2.24, 2.45) is 5.41 Å². The predicted octanol–water partition coefficient (Wildman–Crippen LogP) is 5.74. The molecular formula is C27H36INO4. The van der Waals surface area contributed by atoms with Crippen LogP contribution in [0.15, 0.2) is 70.5 Å². The van der Waals surface area contributed by atoms with Gasteiger partial charge >= 0.3 is 5.97 Å².